The van der Waals surface area contributed by atoms with Gasteiger partial charge in [0, 0.05) is 17.7 Å². The smallest absolute Gasteiger partial charge is 0.130 e. The fraction of sp³-hybridized carbons (Fsp3) is 0.294. The van der Waals surface area contributed by atoms with Gasteiger partial charge in [-0.2, -0.15) is 0 Å². The zero-order valence-corrected chi connectivity index (χ0v) is 11.8. The number of aryl methyl sites for hydroxylation is 2. The molecule has 0 aliphatic heterocycles. The molecule has 0 aliphatic rings. The molecule has 2 aromatic rings. The quantitative estimate of drug-likeness (QED) is 0.863. The van der Waals surface area contributed by atoms with Crippen LogP contribution >= 0.6 is 0 Å². The molecule has 106 valence electrons. The maximum atomic E-state index is 13.8. The molecule has 0 aromatic heterocycles. The van der Waals surface area contributed by atoms with E-state index in [-0.39, 0.29) is 6.04 Å². The van der Waals surface area contributed by atoms with E-state index in [0.29, 0.717) is 5.56 Å². The molecule has 0 fully saturated rings. The van der Waals surface area contributed by atoms with Crippen LogP contribution in [0.3, 0.4) is 0 Å². The fourth-order valence-corrected chi connectivity index (χ4v) is 2.42. The number of benzene rings is 2. The average Bonchev–Trinajstić information content (AvgIpc) is 2.41. The highest BCUT2D eigenvalue weighted by Gasteiger charge is 2.14. The lowest BCUT2D eigenvalue weighted by Gasteiger charge is -2.17. The summed E-state index contributed by atoms with van der Waals surface area (Å²) in [7, 11) is 1.80. The molecule has 2 aromatic carbocycles. The third kappa shape index (κ3) is 3.64. The van der Waals surface area contributed by atoms with Crippen molar-refractivity contribution in [2.24, 2.45) is 0 Å². The largest absolute Gasteiger partial charge is 0.313 e. The minimum absolute atomic E-state index is 0.115. The topological polar surface area (TPSA) is 12.0 Å². The van der Waals surface area contributed by atoms with Gasteiger partial charge in [-0.15, -0.1) is 0 Å². The summed E-state index contributed by atoms with van der Waals surface area (Å²) in [5.74, 6) is -1.03. The number of halogens is 2. The van der Waals surface area contributed by atoms with E-state index in [4.69, 9.17) is 0 Å². The first kappa shape index (κ1) is 14.7. The van der Waals surface area contributed by atoms with Crippen LogP contribution in [0, 0.1) is 18.6 Å². The Kier molecular flexibility index (Phi) is 4.85. The van der Waals surface area contributed by atoms with Gasteiger partial charge in [-0.05, 0) is 38.4 Å². The molecule has 1 unspecified atom stereocenters. The Hall–Kier alpha value is -1.74. The first-order valence-corrected chi connectivity index (χ1v) is 6.78. The van der Waals surface area contributed by atoms with E-state index < -0.39 is 11.6 Å². The van der Waals surface area contributed by atoms with Crippen LogP contribution in [0.2, 0.25) is 0 Å². The molecule has 1 nitrogen and oxygen atoms in total. The SMILES string of the molecule is CNC(CCc1cccc(C)c1)c1ccc(F)cc1F. The molecule has 1 N–H and O–H groups in total. The summed E-state index contributed by atoms with van der Waals surface area (Å²) in [4.78, 5) is 0. The van der Waals surface area contributed by atoms with Crippen molar-refractivity contribution >= 4 is 0 Å². The zero-order chi connectivity index (χ0) is 14.5. The van der Waals surface area contributed by atoms with Crippen molar-refractivity contribution in [3.8, 4) is 0 Å². The van der Waals surface area contributed by atoms with Gasteiger partial charge in [0.1, 0.15) is 11.6 Å². The van der Waals surface area contributed by atoms with Crippen LogP contribution in [-0.4, -0.2) is 7.05 Å². The van der Waals surface area contributed by atoms with Gasteiger partial charge < -0.3 is 5.32 Å². The summed E-state index contributed by atoms with van der Waals surface area (Å²) in [6, 6.07) is 11.9. The molecule has 0 radical (unpaired) electrons. The minimum Gasteiger partial charge on any atom is -0.313 e. The Balaban J connectivity index is 2.09. The maximum Gasteiger partial charge on any atom is 0.130 e. The standard InChI is InChI=1S/C17H19F2N/c1-12-4-3-5-13(10-12)6-9-17(20-2)15-8-7-14(18)11-16(15)19/h3-5,7-8,10-11,17,20H,6,9H2,1-2H3. The summed E-state index contributed by atoms with van der Waals surface area (Å²) >= 11 is 0. The molecular formula is C17H19F2N. The summed E-state index contributed by atoms with van der Waals surface area (Å²) in [6.07, 6.45) is 1.62. The van der Waals surface area contributed by atoms with E-state index in [0.717, 1.165) is 18.9 Å². The number of nitrogens with one attached hydrogen (secondary N) is 1. The van der Waals surface area contributed by atoms with Crippen molar-refractivity contribution in [2.75, 3.05) is 7.05 Å². The van der Waals surface area contributed by atoms with Gasteiger partial charge in [-0.3, -0.25) is 0 Å². The van der Waals surface area contributed by atoms with Crippen LogP contribution in [0.25, 0.3) is 0 Å². The second-order valence-corrected chi connectivity index (χ2v) is 5.03. The molecule has 3 heteroatoms. The first-order chi connectivity index (χ1) is 9.60. The lowest BCUT2D eigenvalue weighted by molar-refractivity contribution is 0.501. The molecule has 0 amide bonds. The monoisotopic (exact) mass is 275 g/mol. The van der Waals surface area contributed by atoms with Gasteiger partial charge in [0.25, 0.3) is 0 Å². The number of hydrogen-bond donors (Lipinski definition) is 1. The summed E-state index contributed by atoms with van der Waals surface area (Å²) in [5, 5.41) is 3.10. The van der Waals surface area contributed by atoms with Gasteiger partial charge in [0.2, 0.25) is 0 Å². The second-order valence-electron chi connectivity index (χ2n) is 5.03. The maximum absolute atomic E-state index is 13.8. The Morgan fingerprint density at radius 1 is 1.10 bits per heavy atom. The highest BCUT2D eigenvalue weighted by Crippen LogP contribution is 2.22. The van der Waals surface area contributed by atoms with E-state index in [2.05, 4.69) is 30.4 Å². The van der Waals surface area contributed by atoms with Crippen molar-refractivity contribution in [1.29, 1.82) is 0 Å². The zero-order valence-electron chi connectivity index (χ0n) is 11.8. The van der Waals surface area contributed by atoms with Crippen molar-refractivity contribution in [1.82, 2.24) is 5.32 Å². The van der Waals surface area contributed by atoms with E-state index in [1.54, 1.807) is 7.05 Å². The van der Waals surface area contributed by atoms with E-state index in [9.17, 15) is 8.78 Å². The van der Waals surface area contributed by atoms with Crippen molar-refractivity contribution in [3.05, 3.63) is 70.8 Å². The molecule has 0 saturated carbocycles. The predicted molar refractivity (Wildman–Crippen MR) is 77.7 cm³/mol. The van der Waals surface area contributed by atoms with Gasteiger partial charge in [0.15, 0.2) is 0 Å². The van der Waals surface area contributed by atoms with Gasteiger partial charge in [-0.25, -0.2) is 8.78 Å². The average molecular weight is 275 g/mol. The van der Waals surface area contributed by atoms with Gasteiger partial charge in [-0.1, -0.05) is 35.9 Å². The van der Waals surface area contributed by atoms with Gasteiger partial charge in [0.05, 0.1) is 0 Å². The van der Waals surface area contributed by atoms with Crippen molar-refractivity contribution < 1.29 is 8.78 Å². The molecule has 0 aliphatic carbocycles. The van der Waals surface area contributed by atoms with Gasteiger partial charge >= 0.3 is 0 Å². The molecule has 2 rings (SSSR count). The molecule has 0 heterocycles. The fourth-order valence-electron chi connectivity index (χ4n) is 2.42. The Morgan fingerprint density at radius 3 is 2.55 bits per heavy atom. The van der Waals surface area contributed by atoms with Crippen molar-refractivity contribution in [3.63, 3.8) is 0 Å². The van der Waals surface area contributed by atoms with Crippen LogP contribution in [0.15, 0.2) is 42.5 Å². The van der Waals surface area contributed by atoms with Crippen LogP contribution in [0.1, 0.15) is 29.2 Å². The molecule has 20 heavy (non-hydrogen) atoms. The van der Waals surface area contributed by atoms with Crippen LogP contribution in [0.5, 0.6) is 0 Å². The Morgan fingerprint density at radius 2 is 1.90 bits per heavy atom. The number of hydrogen-bond acceptors (Lipinski definition) is 1. The highest BCUT2D eigenvalue weighted by molar-refractivity contribution is 5.25. The molecular weight excluding hydrogens is 256 g/mol. The van der Waals surface area contributed by atoms with Crippen LogP contribution in [0.4, 0.5) is 8.78 Å². The van der Waals surface area contributed by atoms with Crippen molar-refractivity contribution in [2.45, 2.75) is 25.8 Å². The third-order valence-electron chi connectivity index (χ3n) is 3.49. The number of rotatable bonds is 5. The molecule has 0 spiro atoms. The third-order valence-corrected chi connectivity index (χ3v) is 3.49. The Bertz CT molecular complexity index is 581. The Labute approximate surface area is 118 Å². The molecule has 0 bridgehead atoms. The summed E-state index contributed by atoms with van der Waals surface area (Å²) in [6.45, 7) is 2.05. The molecule has 0 saturated heterocycles. The minimum atomic E-state index is -0.542. The predicted octanol–water partition coefficient (Wildman–Crippen LogP) is 4.17. The highest BCUT2D eigenvalue weighted by atomic mass is 19.1. The van der Waals surface area contributed by atoms with Crippen LogP contribution in [-0.2, 0) is 6.42 Å². The molecule has 1 atom stereocenters. The summed E-state index contributed by atoms with van der Waals surface area (Å²) < 4.78 is 26.7. The second kappa shape index (κ2) is 6.62. The first-order valence-electron chi connectivity index (χ1n) is 6.78. The summed E-state index contributed by atoms with van der Waals surface area (Å²) in [5.41, 5.74) is 2.96. The van der Waals surface area contributed by atoms with Crippen LogP contribution < -0.4 is 5.32 Å². The van der Waals surface area contributed by atoms with E-state index in [1.165, 1.54) is 23.3 Å². The lowest BCUT2D eigenvalue weighted by Crippen LogP contribution is -2.18. The normalized spacial score (nSPS) is 12.4. The van der Waals surface area contributed by atoms with E-state index in [1.807, 2.05) is 6.07 Å². The lowest BCUT2D eigenvalue weighted by atomic mass is 9.98. The van der Waals surface area contributed by atoms with E-state index >= 15 is 0 Å².